The number of benzene rings is 1. The molecule has 3 aromatic rings. The average molecular weight is 465 g/mol. The number of ether oxygens (including phenoxy) is 2. The summed E-state index contributed by atoms with van der Waals surface area (Å²) >= 11 is 1.52. The molecule has 0 spiro atoms. The molecule has 8 heteroatoms. The first-order chi connectivity index (χ1) is 16.1. The largest absolute Gasteiger partial charge is 0.486 e. The van der Waals surface area contributed by atoms with Gasteiger partial charge in [-0.05, 0) is 57.7 Å². The summed E-state index contributed by atoms with van der Waals surface area (Å²) < 4.78 is 16.5. The third kappa shape index (κ3) is 4.05. The van der Waals surface area contributed by atoms with Crippen LogP contribution >= 0.6 is 11.8 Å². The maximum Gasteiger partial charge on any atom is 0.191 e. The van der Waals surface area contributed by atoms with Crippen molar-refractivity contribution in [3.8, 4) is 11.5 Å². The molecule has 2 aromatic heterocycles. The Balaban J connectivity index is 1.14. The zero-order chi connectivity index (χ0) is 22.5. The van der Waals surface area contributed by atoms with Gasteiger partial charge >= 0.3 is 0 Å². The second kappa shape index (κ2) is 8.24. The molecular formula is C25H28N4O3S. The lowest BCUT2D eigenvalue weighted by molar-refractivity contribution is 0.0777. The Morgan fingerprint density at radius 2 is 1.91 bits per heavy atom. The summed E-state index contributed by atoms with van der Waals surface area (Å²) in [5, 5.41) is 9.79. The molecule has 7 nitrogen and oxygen atoms in total. The van der Waals surface area contributed by atoms with E-state index in [-0.39, 0.29) is 11.9 Å². The molecule has 1 aromatic carbocycles. The average Bonchev–Trinajstić information content (AvgIpc) is 3.76. The zero-order valence-corrected chi connectivity index (χ0v) is 19.8. The van der Waals surface area contributed by atoms with Crippen molar-refractivity contribution >= 4 is 17.5 Å². The molecular weight excluding hydrogens is 436 g/mol. The second-order valence-corrected chi connectivity index (χ2v) is 10.3. The van der Waals surface area contributed by atoms with Crippen LogP contribution in [0.4, 0.5) is 0 Å². The number of nitrogens with zero attached hydrogens (tertiary/aromatic N) is 4. The van der Waals surface area contributed by atoms with Crippen LogP contribution < -0.4 is 9.47 Å². The topological polar surface area (TPSA) is 71.2 Å². The molecule has 0 saturated heterocycles. The summed E-state index contributed by atoms with van der Waals surface area (Å²) in [5.41, 5.74) is 2.81. The van der Waals surface area contributed by atoms with Crippen molar-refractivity contribution in [2.75, 3.05) is 12.4 Å². The molecule has 1 atom stereocenters. The van der Waals surface area contributed by atoms with Gasteiger partial charge in [0, 0.05) is 28.9 Å². The maximum absolute atomic E-state index is 13.2. The van der Waals surface area contributed by atoms with Crippen molar-refractivity contribution in [1.29, 1.82) is 0 Å². The Morgan fingerprint density at radius 1 is 1.12 bits per heavy atom. The normalized spacial score (nSPS) is 19.6. The van der Waals surface area contributed by atoms with Gasteiger partial charge in [-0.2, -0.15) is 0 Å². The fourth-order valence-electron chi connectivity index (χ4n) is 4.61. The highest BCUT2D eigenvalue weighted by Crippen LogP contribution is 2.46. The predicted octanol–water partition coefficient (Wildman–Crippen LogP) is 4.72. The van der Waals surface area contributed by atoms with Crippen LogP contribution in [0, 0.1) is 13.8 Å². The smallest absolute Gasteiger partial charge is 0.191 e. The van der Waals surface area contributed by atoms with Gasteiger partial charge in [0.25, 0.3) is 0 Å². The van der Waals surface area contributed by atoms with Crippen molar-refractivity contribution in [3.05, 3.63) is 53.1 Å². The number of carbonyl (C=O) groups is 1. The van der Waals surface area contributed by atoms with Gasteiger partial charge in [0.2, 0.25) is 0 Å². The van der Waals surface area contributed by atoms with Crippen LogP contribution in [0.2, 0.25) is 0 Å². The van der Waals surface area contributed by atoms with Crippen LogP contribution in [0.1, 0.15) is 65.2 Å². The van der Waals surface area contributed by atoms with E-state index in [1.165, 1.54) is 37.4 Å². The van der Waals surface area contributed by atoms with Crippen LogP contribution in [0.25, 0.3) is 0 Å². The van der Waals surface area contributed by atoms with Crippen molar-refractivity contribution < 1.29 is 14.3 Å². The molecule has 33 heavy (non-hydrogen) atoms. The number of hydrogen-bond donors (Lipinski definition) is 0. The number of para-hydroxylation sites is 2. The fraction of sp³-hybridized carbons (Fsp3) is 0.480. The fourth-order valence-corrected chi connectivity index (χ4v) is 5.51. The number of aryl methyl sites for hydroxylation is 1. The van der Waals surface area contributed by atoms with Crippen LogP contribution in [-0.2, 0) is 6.54 Å². The molecule has 0 amide bonds. The maximum atomic E-state index is 13.2. The van der Waals surface area contributed by atoms with Crippen molar-refractivity contribution in [2.24, 2.45) is 0 Å². The molecule has 172 valence electrons. The first kappa shape index (κ1) is 20.8. The van der Waals surface area contributed by atoms with E-state index < -0.39 is 0 Å². The van der Waals surface area contributed by atoms with Crippen molar-refractivity contribution in [1.82, 2.24) is 19.3 Å². The number of Topliss-reactive ketones (excluding diaryl/α,β-unsaturated/α-hetero) is 1. The highest BCUT2D eigenvalue weighted by atomic mass is 32.2. The quantitative estimate of drug-likeness (QED) is 0.355. The standard InChI is InChI=1S/C25H28N4O3S/c1-15-11-20(16(2)28(15)12-19-13-31-22-5-3-4-6-23(22)32-19)21(30)14-33-25-27-26-24(17-7-8-17)29(25)18-9-10-18/h3-6,11,17-19H,7-10,12-14H2,1-2H3. The van der Waals surface area contributed by atoms with E-state index in [4.69, 9.17) is 9.47 Å². The minimum absolute atomic E-state index is 0.0973. The highest BCUT2D eigenvalue weighted by molar-refractivity contribution is 7.99. The van der Waals surface area contributed by atoms with E-state index in [2.05, 4.69) is 19.3 Å². The van der Waals surface area contributed by atoms with Crippen molar-refractivity contribution in [2.45, 2.75) is 69.3 Å². The van der Waals surface area contributed by atoms with E-state index >= 15 is 0 Å². The summed E-state index contributed by atoms with van der Waals surface area (Å²) in [4.78, 5) is 13.2. The van der Waals surface area contributed by atoms with Gasteiger partial charge < -0.3 is 18.6 Å². The molecule has 1 unspecified atom stereocenters. The highest BCUT2D eigenvalue weighted by Gasteiger charge is 2.36. The molecule has 2 fully saturated rings. The molecule has 6 rings (SSSR count). The van der Waals surface area contributed by atoms with Crippen LogP contribution in [0.5, 0.6) is 11.5 Å². The molecule has 2 aliphatic carbocycles. The lowest BCUT2D eigenvalue weighted by Crippen LogP contribution is -2.33. The number of fused-ring (bicyclic) bond motifs is 1. The molecule has 2 saturated carbocycles. The first-order valence-corrected chi connectivity index (χ1v) is 12.7. The van der Waals surface area contributed by atoms with Gasteiger partial charge in [-0.25, -0.2) is 0 Å². The number of thioether (sulfide) groups is 1. The molecule has 3 aliphatic rings. The molecule has 0 radical (unpaired) electrons. The Morgan fingerprint density at radius 3 is 2.67 bits per heavy atom. The van der Waals surface area contributed by atoms with Gasteiger partial charge in [-0.15, -0.1) is 10.2 Å². The Kier molecular flexibility index (Phi) is 5.20. The van der Waals surface area contributed by atoms with E-state index in [0.717, 1.165) is 39.4 Å². The lowest BCUT2D eigenvalue weighted by atomic mass is 10.2. The van der Waals surface area contributed by atoms with E-state index in [1.807, 2.05) is 44.2 Å². The Bertz CT molecular complexity index is 1210. The zero-order valence-electron chi connectivity index (χ0n) is 19.0. The molecule has 0 N–H and O–H groups in total. The molecule has 1 aliphatic heterocycles. The van der Waals surface area contributed by atoms with E-state index in [0.29, 0.717) is 30.9 Å². The minimum atomic E-state index is -0.0973. The van der Waals surface area contributed by atoms with Gasteiger partial charge in [0.1, 0.15) is 12.4 Å². The summed E-state index contributed by atoms with van der Waals surface area (Å²) in [6.45, 7) is 5.20. The number of hydrogen-bond acceptors (Lipinski definition) is 6. The Hall–Kier alpha value is -2.74. The van der Waals surface area contributed by atoms with Crippen LogP contribution in [0.15, 0.2) is 35.5 Å². The summed E-state index contributed by atoms with van der Waals surface area (Å²) in [6, 6.07) is 10.3. The monoisotopic (exact) mass is 464 g/mol. The number of ketones is 1. The third-order valence-electron chi connectivity index (χ3n) is 6.71. The summed E-state index contributed by atoms with van der Waals surface area (Å²) in [7, 11) is 0. The lowest BCUT2D eigenvalue weighted by Gasteiger charge is -2.27. The summed E-state index contributed by atoms with van der Waals surface area (Å²) in [6.07, 6.45) is 4.71. The van der Waals surface area contributed by atoms with E-state index in [9.17, 15) is 4.79 Å². The van der Waals surface area contributed by atoms with Gasteiger partial charge in [-0.1, -0.05) is 23.9 Å². The molecule has 3 heterocycles. The number of carbonyl (C=O) groups excluding carboxylic acids is 1. The first-order valence-electron chi connectivity index (χ1n) is 11.7. The number of aromatic nitrogens is 4. The van der Waals surface area contributed by atoms with E-state index in [1.54, 1.807) is 0 Å². The summed E-state index contributed by atoms with van der Waals surface area (Å²) in [5.74, 6) is 3.75. The van der Waals surface area contributed by atoms with Gasteiger partial charge in [0.05, 0.1) is 12.3 Å². The Labute approximate surface area is 197 Å². The minimum Gasteiger partial charge on any atom is -0.486 e. The number of rotatable bonds is 8. The van der Waals surface area contributed by atoms with Crippen LogP contribution in [-0.4, -0.2) is 43.6 Å². The SMILES string of the molecule is Cc1cc(C(=O)CSc2nnc(C3CC3)n2C2CC2)c(C)n1CC1COc2ccccc2O1. The van der Waals surface area contributed by atoms with Gasteiger partial charge in [-0.3, -0.25) is 4.79 Å². The van der Waals surface area contributed by atoms with Crippen LogP contribution in [0.3, 0.4) is 0 Å². The second-order valence-electron chi connectivity index (χ2n) is 9.32. The predicted molar refractivity (Wildman–Crippen MR) is 126 cm³/mol. The third-order valence-corrected chi connectivity index (χ3v) is 7.65. The molecule has 0 bridgehead atoms. The van der Waals surface area contributed by atoms with Crippen molar-refractivity contribution in [3.63, 3.8) is 0 Å². The van der Waals surface area contributed by atoms with Gasteiger partial charge in [0.15, 0.2) is 28.5 Å².